The van der Waals surface area contributed by atoms with Gasteiger partial charge in [0.05, 0.1) is 12.0 Å². The number of amidine groups is 1. The van der Waals surface area contributed by atoms with Gasteiger partial charge in [0.15, 0.2) is 0 Å². The number of nitrogens with two attached hydrogens (primary N) is 1. The number of aliphatic imine (C=N–C) groups is 2. The SMILES string of the molecule is CC1=NCC(C)(c2ccc(N)cc2F)C=N1. The topological polar surface area (TPSA) is 50.7 Å². The molecular weight excluding hydrogens is 205 g/mol. The van der Waals surface area contributed by atoms with Gasteiger partial charge in [0.25, 0.3) is 0 Å². The number of halogens is 1. The Bertz CT molecular complexity index is 479. The Morgan fingerprint density at radius 1 is 1.44 bits per heavy atom. The fourth-order valence-electron chi connectivity index (χ4n) is 1.75. The van der Waals surface area contributed by atoms with Gasteiger partial charge in [-0.05, 0) is 26.0 Å². The van der Waals surface area contributed by atoms with Gasteiger partial charge in [0, 0.05) is 17.5 Å². The number of rotatable bonds is 1. The number of hydrogen-bond donors (Lipinski definition) is 1. The molecule has 84 valence electrons. The highest BCUT2D eigenvalue weighted by atomic mass is 19.1. The van der Waals surface area contributed by atoms with Crippen LogP contribution in [0.4, 0.5) is 10.1 Å². The second-order valence-corrected chi connectivity index (χ2v) is 4.28. The van der Waals surface area contributed by atoms with Crippen LogP contribution in [0.3, 0.4) is 0 Å². The second kappa shape index (κ2) is 3.70. The van der Waals surface area contributed by atoms with Crippen molar-refractivity contribution >= 4 is 17.7 Å². The summed E-state index contributed by atoms with van der Waals surface area (Å²) >= 11 is 0. The summed E-state index contributed by atoms with van der Waals surface area (Å²) < 4.78 is 13.8. The van der Waals surface area contributed by atoms with Gasteiger partial charge in [-0.25, -0.2) is 9.38 Å². The fraction of sp³-hybridized carbons (Fsp3) is 0.333. The second-order valence-electron chi connectivity index (χ2n) is 4.28. The first-order valence-corrected chi connectivity index (χ1v) is 5.13. The lowest BCUT2D eigenvalue weighted by Gasteiger charge is -2.26. The minimum absolute atomic E-state index is 0.302. The predicted octanol–water partition coefficient (Wildman–Crippen LogP) is 2.17. The van der Waals surface area contributed by atoms with Gasteiger partial charge in [-0.1, -0.05) is 6.07 Å². The molecule has 1 unspecified atom stereocenters. The van der Waals surface area contributed by atoms with E-state index < -0.39 is 5.41 Å². The molecule has 1 aromatic rings. The molecule has 16 heavy (non-hydrogen) atoms. The molecule has 1 aliphatic heterocycles. The summed E-state index contributed by atoms with van der Waals surface area (Å²) in [5, 5.41) is 0. The van der Waals surface area contributed by atoms with Crippen LogP contribution in [-0.4, -0.2) is 18.6 Å². The van der Waals surface area contributed by atoms with E-state index in [0.717, 1.165) is 5.84 Å². The van der Waals surface area contributed by atoms with Crippen molar-refractivity contribution in [1.29, 1.82) is 0 Å². The summed E-state index contributed by atoms with van der Waals surface area (Å²) in [6.45, 7) is 4.26. The molecule has 1 heterocycles. The lowest BCUT2D eigenvalue weighted by molar-refractivity contribution is 0.559. The molecule has 0 aliphatic carbocycles. The van der Waals surface area contributed by atoms with Crippen molar-refractivity contribution in [2.45, 2.75) is 19.3 Å². The van der Waals surface area contributed by atoms with Crippen molar-refractivity contribution in [2.75, 3.05) is 12.3 Å². The normalized spacial score (nSPS) is 24.3. The Hall–Kier alpha value is -1.71. The number of nitrogens with zero attached hydrogens (tertiary/aromatic N) is 2. The number of hydrogen-bond acceptors (Lipinski definition) is 3. The third kappa shape index (κ3) is 1.83. The summed E-state index contributed by atoms with van der Waals surface area (Å²) in [6, 6.07) is 4.73. The molecule has 2 N–H and O–H groups in total. The van der Waals surface area contributed by atoms with Crippen molar-refractivity contribution in [1.82, 2.24) is 0 Å². The van der Waals surface area contributed by atoms with Crippen LogP contribution in [-0.2, 0) is 5.41 Å². The van der Waals surface area contributed by atoms with E-state index in [0.29, 0.717) is 17.8 Å². The van der Waals surface area contributed by atoms with Crippen molar-refractivity contribution in [3.8, 4) is 0 Å². The van der Waals surface area contributed by atoms with Crippen molar-refractivity contribution in [3.63, 3.8) is 0 Å². The zero-order valence-electron chi connectivity index (χ0n) is 9.37. The smallest absolute Gasteiger partial charge is 0.129 e. The fourth-order valence-corrected chi connectivity index (χ4v) is 1.75. The van der Waals surface area contributed by atoms with Crippen molar-refractivity contribution in [3.05, 3.63) is 29.6 Å². The zero-order valence-corrected chi connectivity index (χ0v) is 9.37. The first kappa shape index (κ1) is 10.8. The average Bonchev–Trinajstić information content (AvgIpc) is 2.22. The average molecular weight is 219 g/mol. The Kier molecular flexibility index (Phi) is 2.50. The van der Waals surface area contributed by atoms with E-state index >= 15 is 0 Å². The largest absolute Gasteiger partial charge is 0.399 e. The zero-order chi connectivity index (χ0) is 11.8. The molecule has 0 saturated carbocycles. The van der Waals surface area contributed by atoms with Gasteiger partial charge >= 0.3 is 0 Å². The monoisotopic (exact) mass is 219 g/mol. The third-order valence-corrected chi connectivity index (χ3v) is 2.78. The lowest BCUT2D eigenvalue weighted by atomic mass is 9.82. The Balaban J connectivity index is 2.41. The molecule has 1 atom stereocenters. The Morgan fingerprint density at radius 2 is 2.19 bits per heavy atom. The molecule has 0 amide bonds. The Labute approximate surface area is 93.9 Å². The van der Waals surface area contributed by atoms with Crippen LogP contribution in [0.25, 0.3) is 0 Å². The summed E-state index contributed by atoms with van der Waals surface area (Å²) in [6.07, 6.45) is 1.75. The molecule has 0 radical (unpaired) electrons. The molecule has 1 aromatic carbocycles. The molecule has 4 heteroatoms. The molecule has 0 aromatic heterocycles. The molecule has 0 spiro atoms. The van der Waals surface area contributed by atoms with E-state index in [4.69, 9.17) is 5.73 Å². The summed E-state index contributed by atoms with van der Waals surface area (Å²) in [5.41, 5.74) is 6.06. The molecule has 3 nitrogen and oxygen atoms in total. The summed E-state index contributed by atoms with van der Waals surface area (Å²) in [7, 11) is 0. The first-order chi connectivity index (χ1) is 7.51. The van der Waals surface area contributed by atoms with Crippen molar-refractivity contribution < 1.29 is 4.39 Å². The van der Waals surface area contributed by atoms with Gasteiger partial charge in [-0.15, -0.1) is 0 Å². The highest BCUT2D eigenvalue weighted by molar-refractivity contribution is 5.93. The highest BCUT2D eigenvalue weighted by Gasteiger charge is 2.29. The minimum atomic E-state index is -0.475. The van der Waals surface area contributed by atoms with Crippen molar-refractivity contribution in [2.24, 2.45) is 9.98 Å². The molecular formula is C12H14FN3. The van der Waals surface area contributed by atoms with E-state index in [9.17, 15) is 4.39 Å². The van der Waals surface area contributed by atoms with E-state index in [1.54, 1.807) is 18.3 Å². The van der Waals surface area contributed by atoms with Gasteiger partial charge < -0.3 is 5.73 Å². The summed E-state index contributed by atoms with van der Waals surface area (Å²) in [5.74, 6) is 0.428. The van der Waals surface area contributed by atoms with Crippen LogP contribution in [0.15, 0.2) is 28.2 Å². The summed E-state index contributed by atoms with van der Waals surface area (Å²) in [4.78, 5) is 8.39. The third-order valence-electron chi connectivity index (χ3n) is 2.78. The van der Waals surface area contributed by atoms with E-state index in [1.807, 2.05) is 13.8 Å². The van der Waals surface area contributed by atoms with E-state index in [-0.39, 0.29) is 5.82 Å². The van der Waals surface area contributed by atoms with Gasteiger partial charge in [0.1, 0.15) is 11.7 Å². The number of anilines is 1. The van der Waals surface area contributed by atoms with Crippen LogP contribution in [0, 0.1) is 5.82 Å². The van der Waals surface area contributed by atoms with E-state index in [2.05, 4.69) is 9.98 Å². The van der Waals surface area contributed by atoms with Gasteiger partial charge in [-0.2, -0.15) is 0 Å². The Morgan fingerprint density at radius 3 is 2.75 bits per heavy atom. The minimum Gasteiger partial charge on any atom is -0.399 e. The number of nitrogen functional groups attached to an aromatic ring is 1. The number of benzene rings is 1. The predicted molar refractivity (Wildman–Crippen MR) is 64.6 cm³/mol. The van der Waals surface area contributed by atoms with Gasteiger partial charge in [0.2, 0.25) is 0 Å². The highest BCUT2D eigenvalue weighted by Crippen LogP contribution is 2.28. The van der Waals surface area contributed by atoms with Crippen LogP contribution < -0.4 is 5.73 Å². The molecule has 0 saturated heterocycles. The van der Waals surface area contributed by atoms with E-state index in [1.165, 1.54) is 6.07 Å². The van der Waals surface area contributed by atoms with Crippen LogP contribution in [0.2, 0.25) is 0 Å². The van der Waals surface area contributed by atoms with Gasteiger partial charge in [-0.3, -0.25) is 4.99 Å². The quantitative estimate of drug-likeness (QED) is 0.723. The first-order valence-electron chi connectivity index (χ1n) is 5.13. The molecule has 0 bridgehead atoms. The van der Waals surface area contributed by atoms with Crippen LogP contribution in [0.1, 0.15) is 19.4 Å². The van der Waals surface area contributed by atoms with Crippen LogP contribution >= 0.6 is 0 Å². The molecule has 1 aliphatic rings. The maximum absolute atomic E-state index is 13.8. The molecule has 0 fully saturated rings. The maximum Gasteiger partial charge on any atom is 0.129 e. The maximum atomic E-state index is 13.8. The lowest BCUT2D eigenvalue weighted by Crippen LogP contribution is -2.32. The van der Waals surface area contributed by atoms with Crippen LogP contribution in [0.5, 0.6) is 0 Å². The standard InChI is InChI=1S/C12H14FN3/c1-8-15-6-12(2,7-16-8)10-4-3-9(14)5-11(10)13/h3-6H,7,14H2,1-2H3. The molecule has 2 rings (SSSR count).